The smallest absolute Gasteiger partial charge is 0.178 e. The van der Waals surface area contributed by atoms with Crippen LogP contribution in [0.25, 0.3) is 0 Å². The molecule has 0 saturated heterocycles. The number of carbonyl (C=O) groups excluding carboxylic acids is 2. The van der Waals surface area contributed by atoms with Gasteiger partial charge in [-0.1, -0.05) is 39.3 Å². The third-order valence-electron chi connectivity index (χ3n) is 9.46. The third-order valence-corrected chi connectivity index (χ3v) is 9.46. The molecule has 25 heavy (non-hydrogen) atoms. The van der Waals surface area contributed by atoms with Crippen LogP contribution in [0.5, 0.6) is 0 Å². The number of carbonyl (C=O) groups is 2. The largest absolute Gasteiger partial charge is 0.299 e. The van der Waals surface area contributed by atoms with Crippen molar-refractivity contribution in [3.05, 3.63) is 23.8 Å². The van der Waals surface area contributed by atoms with E-state index in [9.17, 15) is 9.59 Å². The quantitative estimate of drug-likeness (QED) is 0.662. The van der Waals surface area contributed by atoms with Crippen LogP contribution in [0.2, 0.25) is 0 Å². The molecule has 0 radical (unpaired) electrons. The van der Waals surface area contributed by atoms with E-state index in [0.29, 0.717) is 29.5 Å². The van der Waals surface area contributed by atoms with Crippen molar-refractivity contribution in [1.82, 2.24) is 0 Å². The molecule has 2 nitrogen and oxygen atoms in total. The van der Waals surface area contributed by atoms with Gasteiger partial charge in [-0.2, -0.15) is 0 Å². The SMILES string of the molecule is CC(=O)[C@@]1(C)[C@H](C)C[C@H]2[C@@H]3CCC4=CC(=O)C=C[C@]4(C)[C@H]3CC[C@@]21C. The highest BCUT2D eigenvalue weighted by Crippen LogP contribution is 2.70. The molecule has 0 N–H and O–H groups in total. The first-order chi connectivity index (χ1) is 11.6. The summed E-state index contributed by atoms with van der Waals surface area (Å²) in [6.07, 6.45) is 11.6. The molecule has 0 amide bonds. The maximum Gasteiger partial charge on any atom is 0.178 e. The van der Waals surface area contributed by atoms with Crippen LogP contribution in [0.3, 0.4) is 0 Å². The summed E-state index contributed by atoms with van der Waals surface area (Å²) in [5.74, 6) is 2.95. The number of rotatable bonds is 1. The molecule has 136 valence electrons. The number of Topliss-reactive ketones (excluding diaryl/α,β-unsaturated/α-hetero) is 1. The first-order valence-electron chi connectivity index (χ1n) is 10.1. The summed E-state index contributed by atoms with van der Waals surface area (Å²) in [5, 5.41) is 0. The van der Waals surface area contributed by atoms with Gasteiger partial charge in [-0.3, -0.25) is 9.59 Å². The molecular formula is C23H32O2. The Kier molecular flexibility index (Phi) is 3.57. The lowest BCUT2D eigenvalue weighted by atomic mass is 9.45. The van der Waals surface area contributed by atoms with Gasteiger partial charge in [0.15, 0.2) is 5.78 Å². The van der Waals surface area contributed by atoms with E-state index in [4.69, 9.17) is 0 Å². The minimum Gasteiger partial charge on any atom is -0.299 e. The van der Waals surface area contributed by atoms with Crippen molar-refractivity contribution in [2.24, 2.45) is 39.9 Å². The molecule has 0 bridgehead atoms. The van der Waals surface area contributed by atoms with Gasteiger partial charge < -0.3 is 0 Å². The third kappa shape index (κ3) is 1.97. The Morgan fingerprint density at radius 2 is 1.88 bits per heavy atom. The van der Waals surface area contributed by atoms with Crippen LogP contribution in [0.15, 0.2) is 23.8 Å². The lowest BCUT2D eigenvalue weighted by molar-refractivity contribution is -0.140. The molecule has 0 heterocycles. The standard InChI is InChI=1S/C23H32O2/c1-14-12-20-18-7-6-16-13-17(25)8-10-21(16,3)19(18)9-11-22(20,4)23(14,5)15(2)24/h8,10,13-14,18-20H,6-7,9,11-12H2,1-5H3/t14-,18-,19+,20+,21+,22+,23-/m1/s1. The number of hydrogen-bond acceptors (Lipinski definition) is 2. The summed E-state index contributed by atoms with van der Waals surface area (Å²) in [5.41, 5.74) is 1.35. The summed E-state index contributed by atoms with van der Waals surface area (Å²) in [6, 6.07) is 0. The van der Waals surface area contributed by atoms with Gasteiger partial charge in [0.2, 0.25) is 0 Å². The van der Waals surface area contributed by atoms with Crippen LogP contribution in [-0.4, -0.2) is 11.6 Å². The molecule has 7 atom stereocenters. The predicted molar refractivity (Wildman–Crippen MR) is 100.0 cm³/mol. The summed E-state index contributed by atoms with van der Waals surface area (Å²) >= 11 is 0. The second kappa shape index (κ2) is 5.18. The summed E-state index contributed by atoms with van der Waals surface area (Å²) < 4.78 is 0. The van der Waals surface area contributed by atoms with Gasteiger partial charge in [0, 0.05) is 10.8 Å². The van der Waals surface area contributed by atoms with E-state index in [1.54, 1.807) is 6.08 Å². The molecule has 0 aromatic rings. The highest BCUT2D eigenvalue weighted by molar-refractivity contribution is 6.01. The molecule has 2 heteroatoms. The van der Waals surface area contributed by atoms with Crippen LogP contribution in [0, 0.1) is 39.9 Å². The highest BCUT2D eigenvalue weighted by Gasteiger charge is 2.66. The Morgan fingerprint density at radius 3 is 2.56 bits per heavy atom. The van der Waals surface area contributed by atoms with Gasteiger partial charge in [0.25, 0.3) is 0 Å². The van der Waals surface area contributed by atoms with Crippen LogP contribution in [0.4, 0.5) is 0 Å². The van der Waals surface area contributed by atoms with Crippen molar-refractivity contribution in [3.63, 3.8) is 0 Å². The lowest BCUT2D eigenvalue weighted by Gasteiger charge is -2.58. The number of fused-ring (bicyclic) bond motifs is 5. The van der Waals surface area contributed by atoms with Gasteiger partial charge in [-0.15, -0.1) is 0 Å². The summed E-state index contributed by atoms with van der Waals surface area (Å²) in [4.78, 5) is 24.5. The minimum atomic E-state index is -0.183. The van der Waals surface area contributed by atoms with Gasteiger partial charge >= 0.3 is 0 Å². The second-order valence-corrected chi connectivity index (χ2v) is 9.95. The Balaban J connectivity index is 1.74. The van der Waals surface area contributed by atoms with Gasteiger partial charge in [0.1, 0.15) is 5.78 Å². The first kappa shape index (κ1) is 17.2. The molecule has 0 aliphatic heterocycles. The minimum absolute atomic E-state index is 0.0522. The van der Waals surface area contributed by atoms with Crippen molar-refractivity contribution < 1.29 is 9.59 Å². The number of allylic oxidation sites excluding steroid dienone is 4. The van der Waals surface area contributed by atoms with E-state index in [1.165, 1.54) is 24.8 Å². The van der Waals surface area contributed by atoms with Crippen LogP contribution < -0.4 is 0 Å². The van der Waals surface area contributed by atoms with Crippen molar-refractivity contribution in [2.75, 3.05) is 0 Å². The van der Waals surface area contributed by atoms with E-state index in [-0.39, 0.29) is 22.0 Å². The Morgan fingerprint density at radius 1 is 1.16 bits per heavy atom. The monoisotopic (exact) mass is 340 g/mol. The maximum atomic E-state index is 12.7. The van der Waals surface area contributed by atoms with Crippen molar-refractivity contribution >= 4 is 11.6 Å². The van der Waals surface area contributed by atoms with Crippen molar-refractivity contribution in [1.29, 1.82) is 0 Å². The number of ketones is 2. The molecular weight excluding hydrogens is 308 g/mol. The van der Waals surface area contributed by atoms with Gasteiger partial charge in [-0.05, 0) is 80.3 Å². The fourth-order valence-electron chi connectivity index (χ4n) is 7.53. The molecule has 4 aliphatic carbocycles. The Bertz CT molecular complexity index is 701. The van der Waals surface area contributed by atoms with E-state index in [0.717, 1.165) is 12.8 Å². The average Bonchev–Trinajstić information content (AvgIpc) is 2.77. The molecule has 0 spiro atoms. The van der Waals surface area contributed by atoms with E-state index >= 15 is 0 Å². The first-order valence-corrected chi connectivity index (χ1v) is 10.1. The van der Waals surface area contributed by atoms with Gasteiger partial charge in [0.05, 0.1) is 0 Å². The fraction of sp³-hybridized carbons (Fsp3) is 0.739. The zero-order chi connectivity index (χ0) is 18.2. The average molecular weight is 341 g/mol. The van der Waals surface area contributed by atoms with Crippen molar-refractivity contribution in [2.45, 2.75) is 66.7 Å². The fourth-order valence-corrected chi connectivity index (χ4v) is 7.53. The lowest BCUT2D eigenvalue weighted by Crippen LogP contribution is -2.53. The zero-order valence-corrected chi connectivity index (χ0v) is 16.4. The molecule has 3 fully saturated rings. The Hall–Kier alpha value is -1.18. The second-order valence-electron chi connectivity index (χ2n) is 9.95. The molecule has 0 unspecified atom stereocenters. The molecule has 3 saturated carbocycles. The molecule has 4 rings (SSSR count). The van der Waals surface area contributed by atoms with Gasteiger partial charge in [-0.25, -0.2) is 0 Å². The normalized spacial score (nSPS) is 51.4. The Labute approximate surface area is 152 Å². The zero-order valence-electron chi connectivity index (χ0n) is 16.4. The van der Waals surface area contributed by atoms with E-state index in [2.05, 4.69) is 33.8 Å². The predicted octanol–water partition coefficient (Wildman–Crippen LogP) is 5.14. The molecule has 0 aromatic heterocycles. The molecule has 4 aliphatic rings. The molecule has 0 aromatic carbocycles. The van der Waals surface area contributed by atoms with Crippen molar-refractivity contribution in [3.8, 4) is 0 Å². The van der Waals surface area contributed by atoms with Crippen LogP contribution in [-0.2, 0) is 9.59 Å². The van der Waals surface area contributed by atoms with Crippen LogP contribution in [0.1, 0.15) is 66.7 Å². The summed E-state index contributed by atoms with van der Waals surface area (Å²) in [6.45, 7) is 11.1. The van der Waals surface area contributed by atoms with Crippen LogP contribution >= 0.6 is 0 Å². The highest BCUT2D eigenvalue weighted by atomic mass is 16.1. The maximum absolute atomic E-state index is 12.7. The topological polar surface area (TPSA) is 34.1 Å². The van der Waals surface area contributed by atoms with E-state index in [1.807, 2.05) is 13.0 Å². The summed E-state index contributed by atoms with van der Waals surface area (Å²) in [7, 11) is 0. The number of hydrogen-bond donors (Lipinski definition) is 0. The van der Waals surface area contributed by atoms with E-state index < -0.39 is 0 Å².